The first-order valence-electron chi connectivity index (χ1n) is 10.6. The zero-order valence-corrected chi connectivity index (χ0v) is 18.7. The molecule has 0 saturated heterocycles. The van der Waals surface area contributed by atoms with E-state index in [9.17, 15) is 24.9 Å². The Morgan fingerprint density at radius 3 is 2.23 bits per heavy atom. The fourth-order valence-corrected chi connectivity index (χ4v) is 4.37. The molecule has 5 rings (SSSR count). The van der Waals surface area contributed by atoms with Crippen LogP contribution < -0.4 is 19.6 Å². The first-order valence-corrected chi connectivity index (χ1v) is 10.6. The third-order valence-electron chi connectivity index (χ3n) is 6.05. The number of rotatable bonds is 4. The lowest BCUT2D eigenvalue weighted by atomic mass is 9.84. The van der Waals surface area contributed by atoms with E-state index in [1.54, 1.807) is 24.3 Å². The van der Waals surface area contributed by atoms with Crippen LogP contribution in [0, 0.1) is 0 Å². The van der Waals surface area contributed by atoms with Crippen molar-refractivity contribution in [2.24, 2.45) is 0 Å². The first-order chi connectivity index (χ1) is 16.8. The van der Waals surface area contributed by atoms with Crippen LogP contribution in [0.15, 0.2) is 57.9 Å². The van der Waals surface area contributed by atoms with Gasteiger partial charge in [0, 0.05) is 17.5 Å². The Bertz CT molecular complexity index is 1510. The Labute approximate surface area is 198 Å². The van der Waals surface area contributed by atoms with Crippen LogP contribution in [0.25, 0.3) is 22.1 Å². The molecule has 2 heterocycles. The molecule has 0 radical (unpaired) electrons. The fourth-order valence-electron chi connectivity index (χ4n) is 4.37. The van der Waals surface area contributed by atoms with Gasteiger partial charge in [-0.1, -0.05) is 12.1 Å². The molecule has 178 valence electrons. The molecule has 9 heteroatoms. The number of aromatic hydroxyl groups is 3. The first kappa shape index (κ1) is 22.1. The number of hydrogen-bond donors (Lipinski definition) is 3. The molecule has 35 heavy (non-hydrogen) atoms. The summed E-state index contributed by atoms with van der Waals surface area (Å²) in [4.78, 5) is 25.8. The second-order valence-corrected chi connectivity index (χ2v) is 8.04. The minimum absolute atomic E-state index is 0.0419. The summed E-state index contributed by atoms with van der Waals surface area (Å²) < 4.78 is 21.8. The highest BCUT2D eigenvalue weighted by atomic mass is 16.5. The predicted molar refractivity (Wildman–Crippen MR) is 125 cm³/mol. The Kier molecular flexibility index (Phi) is 5.24. The van der Waals surface area contributed by atoms with E-state index in [2.05, 4.69) is 0 Å². The Morgan fingerprint density at radius 1 is 0.943 bits per heavy atom. The number of methoxy groups -OCH3 is 2. The molecule has 1 aromatic heterocycles. The number of carbonyl (C=O) groups excluding carboxylic acids is 1. The molecule has 0 aliphatic carbocycles. The second-order valence-electron chi connectivity index (χ2n) is 8.04. The lowest BCUT2D eigenvalue weighted by molar-refractivity contribution is -0.135. The van der Waals surface area contributed by atoms with Gasteiger partial charge in [-0.05, 0) is 35.4 Å². The van der Waals surface area contributed by atoms with E-state index >= 15 is 0 Å². The third-order valence-corrected chi connectivity index (χ3v) is 6.05. The summed E-state index contributed by atoms with van der Waals surface area (Å²) >= 11 is 0. The largest absolute Gasteiger partial charge is 0.508 e. The summed E-state index contributed by atoms with van der Waals surface area (Å²) in [7, 11) is 2.78. The van der Waals surface area contributed by atoms with E-state index in [4.69, 9.17) is 18.6 Å². The van der Waals surface area contributed by atoms with Gasteiger partial charge in [-0.25, -0.2) is 0 Å². The van der Waals surface area contributed by atoms with Crippen molar-refractivity contribution < 1.29 is 38.7 Å². The maximum absolute atomic E-state index is 13.4. The smallest absolute Gasteiger partial charge is 0.312 e. The van der Waals surface area contributed by atoms with Crippen LogP contribution in [0.2, 0.25) is 0 Å². The number of esters is 1. The molecule has 9 nitrogen and oxygen atoms in total. The van der Waals surface area contributed by atoms with Crippen LogP contribution in [0.1, 0.15) is 23.5 Å². The molecular weight excluding hydrogens is 456 g/mol. The van der Waals surface area contributed by atoms with Crippen LogP contribution in [0.5, 0.6) is 34.5 Å². The van der Waals surface area contributed by atoms with Crippen molar-refractivity contribution in [3.8, 4) is 45.6 Å². The maximum atomic E-state index is 13.4. The van der Waals surface area contributed by atoms with Crippen LogP contribution in [0.4, 0.5) is 0 Å². The average molecular weight is 476 g/mol. The Balaban J connectivity index is 1.77. The van der Waals surface area contributed by atoms with Gasteiger partial charge in [0.1, 0.15) is 34.5 Å². The topological polar surface area (TPSA) is 136 Å². The van der Waals surface area contributed by atoms with Crippen LogP contribution in [-0.2, 0) is 4.79 Å². The lowest BCUT2D eigenvalue weighted by Gasteiger charge is -2.26. The van der Waals surface area contributed by atoms with E-state index in [1.807, 2.05) is 0 Å². The maximum Gasteiger partial charge on any atom is 0.312 e. The molecule has 0 amide bonds. The van der Waals surface area contributed by atoms with Crippen molar-refractivity contribution in [1.82, 2.24) is 0 Å². The highest BCUT2D eigenvalue weighted by Gasteiger charge is 2.34. The van der Waals surface area contributed by atoms with Gasteiger partial charge in [0.25, 0.3) is 0 Å². The number of hydrogen-bond acceptors (Lipinski definition) is 9. The number of fused-ring (bicyclic) bond motifs is 3. The van der Waals surface area contributed by atoms with Crippen LogP contribution in [-0.4, -0.2) is 35.5 Å². The monoisotopic (exact) mass is 476 g/mol. The van der Waals surface area contributed by atoms with E-state index in [-0.39, 0.29) is 51.7 Å². The molecule has 1 aliphatic rings. The number of benzene rings is 3. The molecule has 4 aromatic rings. The summed E-state index contributed by atoms with van der Waals surface area (Å²) in [5, 5.41) is 30.5. The van der Waals surface area contributed by atoms with Gasteiger partial charge in [-0.15, -0.1) is 0 Å². The summed E-state index contributed by atoms with van der Waals surface area (Å²) in [6.45, 7) is 0. The third kappa shape index (κ3) is 3.57. The quantitative estimate of drug-likeness (QED) is 0.295. The summed E-state index contributed by atoms with van der Waals surface area (Å²) in [6.07, 6.45) is 1.18. The molecular formula is C26H20O9. The number of phenolic OH excluding ortho intramolecular Hbond substituents is 3. The Hall–Kier alpha value is -4.66. The molecule has 0 fully saturated rings. The van der Waals surface area contributed by atoms with E-state index in [0.717, 1.165) is 0 Å². The molecule has 0 unspecified atom stereocenters. The molecule has 3 aromatic carbocycles. The van der Waals surface area contributed by atoms with Crippen LogP contribution >= 0.6 is 0 Å². The van der Waals surface area contributed by atoms with Gasteiger partial charge in [0.2, 0.25) is 11.2 Å². The standard InChI is InChI=1S/C26H20O9/c1-32-19-7-13(8-20(33-2)25(19)31)15-9-21(29)35-18-10-17(28)23-24(30)16(11-34-26(23)22(15)18)12-3-5-14(27)6-4-12/h3-8,10-11,15,27-28,31H,9H2,1-2H3/t15-/m0/s1. The van der Waals surface area contributed by atoms with Gasteiger partial charge < -0.3 is 33.9 Å². The summed E-state index contributed by atoms with van der Waals surface area (Å²) in [5.74, 6) is -1.42. The minimum Gasteiger partial charge on any atom is -0.508 e. The number of carbonyl (C=O) groups is 1. The van der Waals surface area contributed by atoms with Crippen LogP contribution in [0.3, 0.4) is 0 Å². The summed E-state index contributed by atoms with van der Waals surface area (Å²) in [6, 6.07) is 10.3. The molecule has 0 bridgehead atoms. The molecule has 1 atom stereocenters. The van der Waals surface area contributed by atoms with E-state index in [0.29, 0.717) is 16.7 Å². The second kappa shape index (κ2) is 8.28. The highest BCUT2D eigenvalue weighted by Crippen LogP contribution is 2.48. The van der Waals surface area contributed by atoms with Gasteiger partial charge in [-0.2, -0.15) is 0 Å². The van der Waals surface area contributed by atoms with Crippen molar-refractivity contribution >= 4 is 16.9 Å². The van der Waals surface area contributed by atoms with Crippen molar-refractivity contribution in [1.29, 1.82) is 0 Å². The van der Waals surface area contributed by atoms with Gasteiger partial charge in [0.15, 0.2) is 11.5 Å². The zero-order valence-electron chi connectivity index (χ0n) is 18.7. The molecule has 0 saturated carbocycles. The molecule has 0 spiro atoms. The van der Waals surface area contributed by atoms with Gasteiger partial charge in [-0.3, -0.25) is 9.59 Å². The number of ether oxygens (including phenoxy) is 3. The van der Waals surface area contributed by atoms with Crippen molar-refractivity contribution in [3.63, 3.8) is 0 Å². The molecule has 3 N–H and O–H groups in total. The fraction of sp³-hybridized carbons (Fsp3) is 0.154. The normalized spacial score (nSPS) is 14.9. The van der Waals surface area contributed by atoms with Gasteiger partial charge in [0.05, 0.1) is 26.2 Å². The summed E-state index contributed by atoms with van der Waals surface area (Å²) in [5.41, 5.74) is 1.19. The SMILES string of the molecule is COc1cc([C@@H]2CC(=O)Oc3cc(O)c4c(=O)c(-c5ccc(O)cc5)coc4c32)cc(OC)c1O. The average Bonchev–Trinajstić information content (AvgIpc) is 2.84. The van der Waals surface area contributed by atoms with E-state index in [1.165, 1.54) is 38.7 Å². The Morgan fingerprint density at radius 2 is 1.60 bits per heavy atom. The van der Waals surface area contributed by atoms with Crippen molar-refractivity contribution in [2.45, 2.75) is 12.3 Å². The number of phenols is 3. The predicted octanol–water partition coefficient (Wildman–Crippen LogP) is 4.04. The van der Waals surface area contributed by atoms with Crippen molar-refractivity contribution in [2.75, 3.05) is 14.2 Å². The van der Waals surface area contributed by atoms with Crippen molar-refractivity contribution in [3.05, 3.63) is 70.1 Å². The zero-order chi connectivity index (χ0) is 24.9. The highest BCUT2D eigenvalue weighted by molar-refractivity contribution is 5.94. The van der Waals surface area contributed by atoms with Gasteiger partial charge >= 0.3 is 5.97 Å². The minimum atomic E-state index is -0.652. The van der Waals surface area contributed by atoms with E-state index < -0.39 is 23.1 Å². The lowest BCUT2D eigenvalue weighted by Crippen LogP contribution is -2.22. The molecule has 1 aliphatic heterocycles.